The number of nitrogens with zero attached hydrogens (tertiary/aromatic N) is 1. The standard InChI is InChI=1S/C15H20BrN/c1-10(11-6-8-17-9-7-11)15(16)14-12-4-2-3-5-13(12)14/h6-10,12-15H,2-5H2,1H3. The Balaban J connectivity index is 1.69. The van der Waals surface area contributed by atoms with E-state index in [4.69, 9.17) is 0 Å². The molecule has 1 aromatic heterocycles. The van der Waals surface area contributed by atoms with Crippen molar-refractivity contribution in [1.29, 1.82) is 0 Å². The third-order valence-corrected chi connectivity index (χ3v) is 6.20. The Morgan fingerprint density at radius 3 is 2.35 bits per heavy atom. The maximum atomic E-state index is 4.10. The Morgan fingerprint density at radius 1 is 1.18 bits per heavy atom. The normalized spacial score (nSPS) is 34.8. The van der Waals surface area contributed by atoms with Gasteiger partial charge in [-0.1, -0.05) is 35.7 Å². The molecule has 2 fully saturated rings. The Morgan fingerprint density at radius 2 is 1.76 bits per heavy atom. The van der Waals surface area contributed by atoms with Crippen LogP contribution in [0.1, 0.15) is 44.1 Å². The van der Waals surface area contributed by atoms with E-state index in [9.17, 15) is 0 Å². The molecule has 0 amide bonds. The maximum absolute atomic E-state index is 4.10. The van der Waals surface area contributed by atoms with Crippen LogP contribution in [-0.2, 0) is 0 Å². The van der Waals surface area contributed by atoms with E-state index in [0.29, 0.717) is 10.7 Å². The van der Waals surface area contributed by atoms with Gasteiger partial charge in [-0.15, -0.1) is 0 Å². The Labute approximate surface area is 112 Å². The molecule has 2 aliphatic carbocycles. The summed E-state index contributed by atoms with van der Waals surface area (Å²) in [6, 6.07) is 4.32. The zero-order valence-electron chi connectivity index (χ0n) is 10.3. The van der Waals surface area contributed by atoms with Gasteiger partial charge in [-0.25, -0.2) is 0 Å². The zero-order valence-corrected chi connectivity index (χ0v) is 11.9. The molecule has 0 bridgehead atoms. The highest BCUT2D eigenvalue weighted by Crippen LogP contribution is 2.60. The summed E-state index contributed by atoms with van der Waals surface area (Å²) in [5.41, 5.74) is 1.42. The molecule has 1 heterocycles. The average Bonchev–Trinajstić information content (AvgIpc) is 3.12. The minimum atomic E-state index is 0.605. The molecule has 3 rings (SSSR count). The smallest absolute Gasteiger partial charge is 0.0270 e. The molecule has 2 aliphatic rings. The lowest BCUT2D eigenvalue weighted by Crippen LogP contribution is -2.13. The first-order valence-electron chi connectivity index (χ1n) is 6.83. The van der Waals surface area contributed by atoms with E-state index in [1.807, 2.05) is 12.4 Å². The zero-order chi connectivity index (χ0) is 11.8. The summed E-state index contributed by atoms with van der Waals surface area (Å²) >= 11 is 3.98. The van der Waals surface area contributed by atoms with Crippen LogP contribution in [0.5, 0.6) is 0 Å². The lowest BCUT2D eigenvalue weighted by Gasteiger charge is -2.19. The number of halogens is 1. The number of hydrogen-bond acceptors (Lipinski definition) is 1. The van der Waals surface area contributed by atoms with Gasteiger partial charge in [0, 0.05) is 17.2 Å². The summed E-state index contributed by atoms with van der Waals surface area (Å²) in [6.07, 6.45) is 9.68. The fraction of sp³-hybridized carbons (Fsp3) is 0.667. The van der Waals surface area contributed by atoms with Crippen molar-refractivity contribution in [2.24, 2.45) is 17.8 Å². The number of fused-ring (bicyclic) bond motifs is 1. The van der Waals surface area contributed by atoms with Crippen LogP contribution in [0.15, 0.2) is 24.5 Å². The van der Waals surface area contributed by atoms with E-state index in [2.05, 4.69) is 40.0 Å². The van der Waals surface area contributed by atoms with Crippen LogP contribution < -0.4 is 0 Å². The first kappa shape index (κ1) is 11.7. The van der Waals surface area contributed by atoms with Crippen LogP contribution >= 0.6 is 15.9 Å². The third kappa shape index (κ3) is 2.16. The van der Waals surface area contributed by atoms with Crippen molar-refractivity contribution in [3.63, 3.8) is 0 Å². The summed E-state index contributed by atoms with van der Waals surface area (Å²) in [6.45, 7) is 2.35. The van der Waals surface area contributed by atoms with E-state index in [1.165, 1.54) is 31.2 Å². The molecule has 4 unspecified atom stereocenters. The van der Waals surface area contributed by atoms with Crippen LogP contribution in [0.25, 0.3) is 0 Å². The second-order valence-corrected chi connectivity index (χ2v) is 6.76. The molecule has 0 saturated heterocycles. The molecule has 0 radical (unpaired) electrons. The fourth-order valence-electron chi connectivity index (χ4n) is 3.70. The second-order valence-electron chi connectivity index (χ2n) is 5.70. The van der Waals surface area contributed by atoms with Crippen LogP contribution in [0, 0.1) is 17.8 Å². The first-order valence-corrected chi connectivity index (χ1v) is 7.74. The van der Waals surface area contributed by atoms with E-state index >= 15 is 0 Å². The first-order chi connectivity index (χ1) is 8.29. The van der Waals surface area contributed by atoms with Crippen LogP contribution in [0.4, 0.5) is 0 Å². The van der Waals surface area contributed by atoms with Crippen molar-refractivity contribution in [1.82, 2.24) is 4.98 Å². The molecule has 0 N–H and O–H groups in total. The number of alkyl halides is 1. The van der Waals surface area contributed by atoms with Gasteiger partial charge in [-0.3, -0.25) is 4.98 Å². The lowest BCUT2D eigenvalue weighted by molar-refractivity contribution is 0.480. The summed E-state index contributed by atoms with van der Waals surface area (Å²) in [5, 5.41) is 0. The molecule has 0 spiro atoms. The van der Waals surface area contributed by atoms with Gasteiger partial charge in [0.15, 0.2) is 0 Å². The molecule has 0 aromatic carbocycles. The van der Waals surface area contributed by atoms with Crippen molar-refractivity contribution in [2.75, 3.05) is 0 Å². The van der Waals surface area contributed by atoms with Crippen LogP contribution in [0.2, 0.25) is 0 Å². The largest absolute Gasteiger partial charge is 0.265 e. The average molecular weight is 294 g/mol. The van der Waals surface area contributed by atoms with Crippen LogP contribution in [-0.4, -0.2) is 9.81 Å². The SMILES string of the molecule is CC(c1ccncc1)C(Br)C1C2CCCCC21. The molecular formula is C15H20BrN. The fourth-order valence-corrected chi connectivity index (χ4v) is 4.79. The highest BCUT2D eigenvalue weighted by Gasteiger charge is 2.54. The van der Waals surface area contributed by atoms with E-state index in [-0.39, 0.29) is 0 Å². The molecule has 2 saturated carbocycles. The summed E-state index contributed by atoms with van der Waals surface area (Å²) < 4.78 is 0. The van der Waals surface area contributed by atoms with Gasteiger partial charge in [0.1, 0.15) is 0 Å². The molecule has 4 atom stereocenters. The van der Waals surface area contributed by atoms with Crippen molar-refractivity contribution in [3.05, 3.63) is 30.1 Å². The van der Waals surface area contributed by atoms with Crippen molar-refractivity contribution >= 4 is 15.9 Å². The Hall–Kier alpha value is -0.370. The van der Waals surface area contributed by atoms with E-state index in [1.54, 1.807) is 0 Å². The lowest BCUT2D eigenvalue weighted by atomic mass is 9.95. The minimum Gasteiger partial charge on any atom is -0.265 e. The van der Waals surface area contributed by atoms with Gasteiger partial charge in [0.2, 0.25) is 0 Å². The van der Waals surface area contributed by atoms with Crippen molar-refractivity contribution in [2.45, 2.75) is 43.4 Å². The summed E-state index contributed by atoms with van der Waals surface area (Å²) in [7, 11) is 0. The highest BCUT2D eigenvalue weighted by molar-refractivity contribution is 9.09. The van der Waals surface area contributed by atoms with Gasteiger partial charge in [0.25, 0.3) is 0 Å². The molecule has 17 heavy (non-hydrogen) atoms. The molecule has 1 aromatic rings. The monoisotopic (exact) mass is 293 g/mol. The van der Waals surface area contributed by atoms with Crippen LogP contribution in [0.3, 0.4) is 0 Å². The van der Waals surface area contributed by atoms with E-state index < -0.39 is 0 Å². The number of rotatable bonds is 3. The Kier molecular flexibility index (Phi) is 3.25. The molecule has 0 aliphatic heterocycles. The molecule has 2 heteroatoms. The molecule has 92 valence electrons. The third-order valence-electron chi connectivity index (χ3n) is 4.80. The van der Waals surface area contributed by atoms with Crippen molar-refractivity contribution < 1.29 is 0 Å². The highest BCUT2D eigenvalue weighted by atomic mass is 79.9. The number of aromatic nitrogens is 1. The number of pyridine rings is 1. The van der Waals surface area contributed by atoms with Gasteiger partial charge in [-0.2, -0.15) is 0 Å². The van der Waals surface area contributed by atoms with Crippen molar-refractivity contribution in [3.8, 4) is 0 Å². The quantitative estimate of drug-likeness (QED) is 0.754. The van der Waals surface area contributed by atoms with Gasteiger partial charge in [0.05, 0.1) is 0 Å². The number of hydrogen-bond donors (Lipinski definition) is 0. The second kappa shape index (κ2) is 4.72. The van der Waals surface area contributed by atoms with E-state index in [0.717, 1.165) is 17.8 Å². The maximum Gasteiger partial charge on any atom is 0.0270 e. The predicted molar refractivity (Wildman–Crippen MR) is 74.3 cm³/mol. The topological polar surface area (TPSA) is 12.9 Å². The summed E-state index contributed by atoms with van der Waals surface area (Å²) in [5.74, 6) is 3.59. The molecular weight excluding hydrogens is 274 g/mol. The van der Waals surface area contributed by atoms with Gasteiger partial charge >= 0.3 is 0 Å². The van der Waals surface area contributed by atoms with Gasteiger partial charge in [-0.05, 0) is 54.2 Å². The predicted octanol–water partition coefficient (Wildman–Crippen LogP) is 4.38. The Bertz CT molecular complexity index is 366. The summed E-state index contributed by atoms with van der Waals surface area (Å²) in [4.78, 5) is 4.76. The molecule has 1 nitrogen and oxygen atoms in total. The van der Waals surface area contributed by atoms with Gasteiger partial charge < -0.3 is 0 Å². The minimum absolute atomic E-state index is 0.605.